The number of carbonyl (C=O) groups is 2. The summed E-state index contributed by atoms with van der Waals surface area (Å²) >= 11 is 0. The molecule has 0 unspecified atom stereocenters. The smallest absolute Gasteiger partial charge is 0.315 e. The molecule has 6 nitrogen and oxygen atoms in total. The molecule has 160 valence electrons. The highest BCUT2D eigenvalue weighted by Crippen LogP contribution is 2.24. The summed E-state index contributed by atoms with van der Waals surface area (Å²) in [5.41, 5.74) is 3.51. The second kappa shape index (κ2) is 10.1. The van der Waals surface area contributed by atoms with Gasteiger partial charge in [-0.1, -0.05) is 19.1 Å². The van der Waals surface area contributed by atoms with Crippen LogP contribution in [0.15, 0.2) is 48.5 Å². The first-order valence-corrected chi connectivity index (χ1v) is 10.7. The van der Waals surface area contributed by atoms with E-state index in [0.29, 0.717) is 12.1 Å². The van der Waals surface area contributed by atoms with Crippen LogP contribution in [0.25, 0.3) is 0 Å². The molecule has 2 aromatic carbocycles. The molecule has 2 aromatic rings. The van der Waals surface area contributed by atoms with Gasteiger partial charge in [-0.15, -0.1) is 0 Å². The molecular formula is C24H32N4O2. The standard InChI is InChI=1S/C24H32N4O2/c1-17(2)26-24(30)25-16-19-4-6-20(7-5-19)23(29)27-21-8-10-22(11-9-21)28-14-12-18(3)13-15-28/h4-11,17-18H,12-16H2,1-3H3,(H,27,29)(H2,25,26,30). The van der Waals surface area contributed by atoms with Crippen LogP contribution in [0.1, 0.15) is 49.5 Å². The summed E-state index contributed by atoms with van der Waals surface area (Å²) in [4.78, 5) is 26.6. The molecule has 1 heterocycles. The van der Waals surface area contributed by atoms with E-state index in [0.717, 1.165) is 30.3 Å². The number of hydrogen-bond acceptors (Lipinski definition) is 3. The van der Waals surface area contributed by atoms with E-state index in [-0.39, 0.29) is 18.0 Å². The Balaban J connectivity index is 1.51. The zero-order chi connectivity index (χ0) is 21.5. The van der Waals surface area contributed by atoms with Crippen molar-refractivity contribution in [3.8, 4) is 0 Å². The van der Waals surface area contributed by atoms with Crippen molar-refractivity contribution in [2.45, 2.75) is 46.2 Å². The molecule has 0 aromatic heterocycles. The molecule has 1 saturated heterocycles. The molecule has 0 saturated carbocycles. The molecule has 3 N–H and O–H groups in total. The van der Waals surface area contributed by atoms with Gasteiger partial charge in [0, 0.05) is 42.6 Å². The SMILES string of the molecule is CC1CCN(c2ccc(NC(=O)c3ccc(CNC(=O)NC(C)C)cc3)cc2)CC1. The van der Waals surface area contributed by atoms with Gasteiger partial charge in [0.05, 0.1) is 0 Å². The number of piperidine rings is 1. The van der Waals surface area contributed by atoms with Gasteiger partial charge in [0.25, 0.3) is 5.91 Å². The second-order valence-electron chi connectivity index (χ2n) is 8.35. The highest BCUT2D eigenvalue weighted by Gasteiger charge is 2.16. The molecule has 3 amide bonds. The maximum Gasteiger partial charge on any atom is 0.315 e. The van der Waals surface area contributed by atoms with Gasteiger partial charge in [-0.2, -0.15) is 0 Å². The summed E-state index contributed by atoms with van der Waals surface area (Å²) in [5.74, 6) is 0.658. The minimum atomic E-state index is -0.200. The van der Waals surface area contributed by atoms with Gasteiger partial charge in [0.1, 0.15) is 0 Å². The fourth-order valence-electron chi connectivity index (χ4n) is 3.50. The quantitative estimate of drug-likeness (QED) is 0.664. The van der Waals surface area contributed by atoms with Crippen molar-refractivity contribution >= 4 is 23.3 Å². The van der Waals surface area contributed by atoms with E-state index in [1.807, 2.05) is 38.1 Å². The normalized spacial score (nSPS) is 14.5. The zero-order valence-corrected chi connectivity index (χ0v) is 18.1. The molecule has 1 aliphatic heterocycles. The van der Waals surface area contributed by atoms with Crippen LogP contribution in [0.5, 0.6) is 0 Å². The summed E-state index contributed by atoms with van der Waals surface area (Å²) in [5, 5.41) is 8.53. The molecule has 0 radical (unpaired) electrons. The number of anilines is 2. The summed E-state index contributed by atoms with van der Waals surface area (Å²) in [6.45, 7) is 8.73. The lowest BCUT2D eigenvalue weighted by Crippen LogP contribution is -2.39. The molecule has 30 heavy (non-hydrogen) atoms. The predicted octanol–water partition coefficient (Wildman–Crippen LogP) is 4.38. The Bertz CT molecular complexity index is 839. The molecule has 1 aliphatic rings. The van der Waals surface area contributed by atoms with E-state index < -0.39 is 0 Å². The highest BCUT2D eigenvalue weighted by atomic mass is 16.2. The monoisotopic (exact) mass is 408 g/mol. The lowest BCUT2D eigenvalue weighted by Gasteiger charge is -2.32. The summed E-state index contributed by atoms with van der Waals surface area (Å²) < 4.78 is 0. The Morgan fingerprint density at radius 2 is 1.63 bits per heavy atom. The summed E-state index contributed by atoms with van der Waals surface area (Å²) in [6, 6.07) is 15.2. The number of urea groups is 1. The van der Waals surface area contributed by atoms with Crippen LogP contribution in [0.4, 0.5) is 16.2 Å². The fraction of sp³-hybridized carbons (Fsp3) is 0.417. The van der Waals surface area contributed by atoms with Crippen LogP contribution in [-0.2, 0) is 6.54 Å². The van der Waals surface area contributed by atoms with Crippen LogP contribution in [0.2, 0.25) is 0 Å². The number of hydrogen-bond donors (Lipinski definition) is 3. The molecule has 1 fully saturated rings. The Labute approximate surface area is 179 Å². The van der Waals surface area contributed by atoms with Crippen molar-refractivity contribution < 1.29 is 9.59 Å². The van der Waals surface area contributed by atoms with Crippen LogP contribution in [-0.4, -0.2) is 31.1 Å². The molecule has 0 bridgehead atoms. The number of carbonyl (C=O) groups excluding carboxylic acids is 2. The number of rotatable bonds is 6. The van der Waals surface area contributed by atoms with Crippen LogP contribution < -0.4 is 20.9 Å². The molecule has 0 atom stereocenters. The lowest BCUT2D eigenvalue weighted by atomic mass is 9.99. The third-order valence-electron chi connectivity index (χ3n) is 5.36. The minimum Gasteiger partial charge on any atom is -0.372 e. The summed E-state index contributed by atoms with van der Waals surface area (Å²) in [6.07, 6.45) is 2.46. The Morgan fingerprint density at radius 1 is 1.00 bits per heavy atom. The van der Waals surface area contributed by atoms with Crippen LogP contribution >= 0.6 is 0 Å². The molecular weight excluding hydrogens is 376 g/mol. The van der Waals surface area contributed by atoms with Gasteiger partial charge in [-0.3, -0.25) is 4.79 Å². The third-order valence-corrected chi connectivity index (χ3v) is 5.36. The number of benzene rings is 2. The molecule has 3 rings (SSSR count). The molecule has 6 heteroatoms. The maximum atomic E-state index is 12.5. The topological polar surface area (TPSA) is 73.5 Å². The van der Waals surface area contributed by atoms with E-state index in [1.165, 1.54) is 18.5 Å². The summed E-state index contributed by atoms with van der Waals surface area (Å²) in [7, 11) is 0. The first-order valence-electron chi connectivity index (χ1n) is 10.7. The maximum absolute atomic E-state index is 12.5. The molecule has 0 spiro atoms. The lowest BCUT2D eigenvalue weighted by molar-refractivity contribution is 0.102. The van der Waals surface area contributed by atoms with E-state index in [2.05, 4.69) is 39.9 Å². The van der Waals surface area contributed by atoms with Crippen molar-refractivity contribution in [2.75, 3.05) is 23.3 Å². The number of nitrogens with zero attached hydrogens (tertiary/aromatic N) is 1. The number of amides is 3. The van der Waals surface area contributed by atoms with E-state index in [1.54, 1.807) is 12.1 Å². The van der Waals surface area contributed by atoms with Crippen LogP contribution in [0.3, 0.4) is 0 Å². The first kappa shape index (κ1) is 21.7. The van der Waals surface area contributed by atoms with Gasteiger partial charge in [-0.05, 0) is 74.6 Å². The minimum absolute atomic E-state index is 0.0914. The van der Waals surface area contributed by atoms with Crippen molar-refractivity contribution in [1.29, 1.82) is 0 Å². The van der Waals surface area contributed by atoms with E-state index in [4.69, 9.17) is 0 Å². The van der Waals surface area contributed by atoms with Gasteiger partial charge in [0.15, 0.2) is 0 Å². The van der Waals surface area contributed by atoms with Gasteiger partial charge in [-0.25, -0.2) is 4.79 Å². The Kier molecular flexibility index (Phi) is 7.33. The van der Waals surface area contributed by atoms with Gasteiger partial charge < -0.3 is 20.9 Å². The van der Waals surface area contributed by atoms with Gasteiger partial charge in [0.2, 0.25) is 0 Å². The van der Waals surface area contributed by atoms with Crippen molar-refractivity contribution in [3.05, 3.63) is 59.7 Å². The zero-order valence-electron chi connectivity index (χ0n) is 18.1. The first-order chi connectivity index (χ1) is 14.4. The van der Waals surface area contributed by atoms with Crippen molar-refractivity contribution in [1.82, 2.24) is 10.6 Å². The number of nitrogens with one attached hydrogen (secondary N) is 3. The average molecular weight is 409 g/mol. The van der Waals surface area contributed by atoms with Crippen molar-refractivity contribution in [3.63, 3.8) is 0 Å². The van der Waals surface area contributed by atoms with Crippen molar-refractivity contribution in [2.24, 2.45) is 5.92 Å². The predicted molar refractivity (Wildman–Crippen MR) is 122 cm³/mol. The largest absolute Gasteiger partial charge is 0.372 e. The Hall–Kier alpha value is -3.02. The van der Waals surface area contributed by atoms with Gasteiger partial charge >= 0.3 is 6.03 Å². The third kappa shape index (κ3) is 6.24. The fourth-order valence-corrected chi connectivity index (χ4v) is 3.50. The second-order valence-corrected chi connectivity index (χ2v) is 8.35. The van der Waals surface area contributed by atoms with Crippen LogP contribution in [0, 0.1) is 5.92 Å². The Morgan fingerprint density at radius 3 is 2.23 bits per heavy atom. The molecule has 0 aliphatic carbocycles. The average Bonchev–Trinajstić information content (AvgIpc) is 2.73. The van der Waals surface area contributed by atoms with E-state index >= 15 is 0 Å². The van der Waals surface area contributed by atoms with E-state index in [9.17, 15) is 9.59 Å². The highest BCUT2D eigenvalue weighted by molar-refractivity contribution is 6.04.